The molecule has 1 unspecified atom stereocenters. The lowest BCUT2D eigenvalue weighted by Crippen LogP contribution is -2.44. The summed E-state index contributed by atoms with van der Waals surface area (Å²) in [6, 6.07) is 7.26. The van der Waals surface area contributed by atoms with Crippen molar-refractivity contribution in [1.82, 2.24) is 0 Å². The molecule has 1 aromatic heterocycles. The molecule has 0 saturated heterocycles. The molecule has 3 nitrogen and oxygen atoms in total. The first kappa shape index (κ1) is 12.0. The summed E-state index contributed by atoms with van der Waals surface area (Å²) >= 11 is 5.93. The van der Waals surface area contributed by atoms with Gasteiger partial charge >= 0.3 is 0 Å². The van der Waals surface area contributed by atoms with Gasteiger partial charge in [0.25, 0.3) is 0 Å². The van der Waals surface area contributed by atoms with Gasteiger partial charge in [-0.1, -0.05) is 11.6 Å². The molecule has 0 spiro atoms. The highest BCUT2D eigenvalue weighted by Gasteiger charge is 2.46. The molecule has 4 heteroatoms. The number of halogens is 1. The van der Waals surface area contributed by atoms with E-state index in [0.29, 0.717) is 10.8 Å². The number of benzene rings is 1. The highest BCUT2D eigenvalue weighted by Crippen LogP contribution is 2.45. The van der Waals surface area contributed by atoms with Gasteiger partial charge in [0, 0.05) is 17.5 Å². The number of fused-ring (bicyclic) bond motifs is 1. The Labute approximate surface area is 110 Å². The van der Waals surface area contributed by atoms with Gasteiger partial charge < -0.3 is 14.3 Å². The van der Waals surface area contributed by atoms with E-state index in [2.05, 4.69) is 0 Å². The Morgan fingerprint density at radius 3 is 2.78 bits per heavy atom. The van der Waals surface area contributed by atoms with E-state index in [0.717, 1.165) is 30.2 Å². The first-order chi connectivity index (χ1) is 8.64. The zero-order valence-corrected chi connectivity index (χ0v) is 10.9. The van der Waals surface area contributed by atoms with Crippen LogP contribution in [-0.2, 0) is 4.74 Å². The van der Waals surface area contributed by atoms with E-state index in [1.54, 1.807) is 13.2 Å². The van der Waals surface area contributed by atoms with Gasteiger partial charge in [-0.15, -0.1) is 0 Å². The van der Waals surface area contributed by atoms with E-state index < -0.39 is 11.7 Å². The molecular weight excluding hydrogens is 252 g/mol. The van der Waals surface area contributed by atoms with Crippen LogP contribution in [-0.4, -0.2) is 17.8 Å². The Bertz CT molecular complexity index is 566. The molecular formula is C14H15ClO3. The highest BCUT2D eigenvalue weighted by atomic mass is 35.5. The van der Waals surface area contributed by atoms with Gasteiger partial charge in [-0.2, -0.15) is 0 Å². The number of hydrogen-bond donors (Lipinski definition) is 1. The minimum atomic E-state index is -0.720. The van der Waals surface area contributed by atoms with Gasteiger partial charge in [-0.05, 0) is 43.5 Å². The fraction of sp³-hybridized carbons (Fsp3) is 0.429. The van der Waals surface area contributed by atoms with Crippen LogP contribution in [0.1, 0.15) is 31.1 Å². The predicted octanol–water partition coefficient (Wildman–Crippen LogP) is 3.69. The number of aliphatic hydroxyl groups excluding tert-OH is 1. The lowest BCUT2D eigenvalue weighted by atomic mass is 9.75. The predicted molar refractivity (Wildman–Crippen MR) is 69.8 cm³/mol. The molecule has 1 aliphatic rings. The molecule has 1 aromatic carbocycles. The average Bonchev–Trinajstić information content (AvgIpc) is 2.70. The van der Waals surface area contributed by atoms with Crippen molar-refractivity contribution in [3.8, 4) is 0 Å². The van der Waals surface area contributed by atoms with E-state index in [1.807, 2.05) is 18.2 Å². The number of hydrogen-bond acceptors (Lipinski definition) is 3. The normalized spacial score (nSPS) is 19.7. The van der Waals surface area contributed by atoms with E-state index in [1.165, 1.54) is 0 Å². The number of methoxy groups -OCH3 is 1. The molecule has 0 aliphatic heterocycles. The third-order valence-electron chi connectivity index (χ3n) is 3.87. The summed E-state index contributed by atoms with van der Waals surface area (Å²) < 4.78 is 11.2. The standard InChI is InChI=1S/C14H15ClO3/c1-17-14(5-2-6-14)13(16)12-8-9-7-10(15)3-4-11(9)18-12/h3-4,7-8,13,16H,2,5-6H2,1H3. The summed E-state index contributed by atoms with van der Waals surface area (Å²) in [5.41, 5.74) is 0.261. The Hall–Kier alpha value is -1.03. The maximum absolute atomic E-state index is 10.4. The van der Waals surface area contributed by atoms with Crippen molar-refractivity contribution < 1.29 is 14.3 Å². The van der Waals surface area contributed by atoms with Crippen LogP contribution in [0.3, 0.4) is 0 Å². The van der Waals surface area contributed by atoms with Crippen molar-refractivity contribution in [2.75, 3.05) is 7.11 Å². The Morgan fingerprint density at radius 1 is 1.39 bits per heavy atom. The van der Waals surface area contributed by atoms with Gasteiger partial charge in [0.15, 0.2) is 0 Å². The minimum Gasteiger partial charge on any atom is -0.458 e. The second kappa shape index (κ2) is 4.26. The van der Waals surface area contributed by atoms with Crippen LogP contribution in [0.5, 0.6) is 0 Å². The maximum Gasteiger partial charge on any atom is 0.140 e. The second-order valence-electron chi connectivity index (χ2n) is 4.86. The first-order valence-corrected chi connectivity index (χ1v) is 6.45. The summed E-state index contributed by atoms with van der Waals surface area (Å²) in [5.74, 6) is 0.550. The fourth-order valence-corrected chi connectivity index (χ4v) is 2.72. The van der Waals surface area contributed by atoms with Crippen molar-refractivity contribution in [1.29, 1.82) is 0 Å². The molecule has 0 radical (unpaired) electrons. The maximum atomic E-state index is 10.4. The average molecular weight is 267 g/mol. The van der Waals surface area contributed by atoms with E-state index in [-0.39, 0.29) is 0 Å². The summed E-state index contributed by atoms with van der Waals surface area (Å²) in [7, 11) is 1.64. The van der Waals surface area contributed by atoms with Crippen LogP contribution in [0.25, 0.3) is 11.0 Å². The molecule has 1 aliphatic carbocycles. The third-order valence-corrected chi connectivity index (χ3v) is 4.11. The van der Waals surface area contributed by atoms with Crippen LogP contribution < -0.4 is 0 Å². The highest BCUT2D eigenvalue weighted by molar-refractivity contribution is 6.31. The fourth-order valence-electron chi connectivity index (χ4n) is 2.54. The lowest BCUT2D eigenvalue weighted by Gasteiger charge is -2.43. The van der Waals surface area contributed by atoms with E-state index >= 15 is 0 Å². The Morgan fingerprint density at radius 2 is 2.17 bits per heavy atom. The summed E-state index contributed by atoms with van der Waals surface area (Å²) in [5, 5.41) is 12.0. The zero-order valence-electron chi connectivity index (χ0n) is 10.1. The van der Waals surface area contributed by atoms with Crippen LogP contribution >= 0.6 is 11.6 Å². The molecule has 0 bridgehead atoms. The van der Waals surface area contributed by atoms with Gasteiger partial charge in [0.05, 0.1) is 0 Å². The number of rotatable bonds is 3. The lowest BCUT2D eigenvalue weighted by molar-refractivity contribution is -0.157. The van der Waals surface area contributed by atoms with E-state index in [9.17, 15) is 5.11 Å². The molecule has 1 atom stereocenters. The van der Waals surface area contributed by atoms with Gasteiger partial charge in [0.2, 0.25) is 0 Å². The molecule has 18 heavy (non-hydrogen) atoms. The van der Waals surface area contributed by atoms with Crippen LogP contribution in [0.4, 0.5) is 0 Å². The van der Waals surface area contributed by atoms with Gasteiger partial charge in [-0.25, -0.2) is 0 Å². The summed E-state index contributed by atoms with van der Waals surface area (Å²) in [6.07, 6.45) is 2.09. The minimum absolute atomic E-state index is 0.475. The van der Waals surface area contributed by atoms with Crippen molar-refractivity contribution in [3.05, 3.63) is 35.0 Å². The molecule has 0 amide bonds. The van der Waals surface area contributed by atoms with Crippen LogP contribution in [0.2, 0.25) is 5.02 Å². The number of aliphatic hydroxyl groups is 1. The number of furan rings is 1. The van der Waals surface area contributed by atoms with Crippen molar-refractivity contribution in [2.45, 2.75) is 31.0 Å². The van der Waals surface area contributed by atoms with Gasteiger partial charge in [-0.3, -0.25) is 0 Å². The monoisotopic (exact) mass is 266 g/mol. The first-order valence-electron chi connectivity index (χ1n) is 6.07. The SMILES string of the molecule is COC1(C(O)c2cc3cc(Cl)ccc3o2)CCC1. The van der Waals surface area contributed by atoms with Crippen molar-refractivity contribution in [3.63, 3.8) is 0 Å². The second-order valence-corrected chi connectivity index (χ2v) is 5.29. The Balaban J connectivity index is 1.98. The van der Waals surface area contributed by atoms with Crippen molar-refractivity contribution >= 4 is 22.6 Å². The summed E-state index contributed by atoms with van der Waals surface area (Å²) in [6.45, 7) is 0. The quantitative estimate of drug-likeness (QED) is 0.921. The topological polar surface area (TPSA) is 42.6 Å². The van der Waals surface area contributed by atoms with Crippen LogP contribution in [0.15, 0.2) is 28.7 Å². The molecule has 1 fully saturated rings. The molecule has 3 rings (SSSR count). The van der Waals surface area contributed by atoms with Crippen LogP contribution in [0, 0.1) is 0 Å². The number of ether oxygens (including phenoxy) is 1. The molecule has 2 aromatic rings. The molecule has 96 valence electrons. The third kappa shape index (κ3) is 1.74. The van der Waals surface area contributed by atoms with Crippen molar-refractivity contribution in [2.24, 2.45) is 0 Å². The summed E-state index contributed by atoms with van der Waals surface area (Å²) in [4.78, 5) is 0. The van der Waals surface area contributed by atoms with Gasteiger partial charge in [0.1, 0.15) is 23.0 Å². The largest absolute Gasteiger partial charge is 0.458 e. The molecule has 1 N–H and O–H groups in total. The molecule has 1 heterocycles. The Kier molecular flexibility index (Phi) is 2.85. The zero-order chi connectivity index (χ0) is 12.8. The smallest absolute Gasteiger partial charge is 0.140 e. The molecule has 1 saturated carbocycles. The van der Waals surface area contributed by atoms with E-state index in [4.69, 9.17) is 20.8 Å².